The Hall–Kier alpha value is -2.16. The number of thioether (sulfide) groups is 2. The summed E-state index contributed by atoms with van der Waals surface area (Å²) in [6.45, 7) is 0. The maximum absolute atomic E-state index is 11.8. The molecule has 0 aliphatic heterocycles. The molecular weight excluding hydrogens is 384 g/mol. The van der Waals surface area contributed by atoms with Crippen molar-refractivity contribution in [2.45, 2.75) is 14.4 Å². The SMILES string of the molecule is O=C(CSc1nnc(SCc2ccccc2)s1)N/N=C/c1ccccc1. The molecule has 1 amide bonds. The topological polar surface area (TPSA) is 67.2 Å². The van der Waals surface area contributed by atoms with Crippen molar-refractivity contribution in [3.63, 3.8) is 0 Å². The van der Waals surface area contributed by atoms with Crippen LogP contribution in [0, 0.1) is 0 Å². The van der Waals surface area contributed by atoms with Gasteiger partial charge in [0, 0.05) is 5.75 Å². The molecule has 2 aromatic carbocycles. The molecule has 1 aromatic heterocycles. The largest absolute Gasteiger partial charge is 0.272 e. The van der Waals surface area contributed by atoms with Gasteiger partial charge in [-0.1, -0.05) is 95.5 Å². The van der Waals surface area contributed by atoms with Gasteiger partial charge in [0.05, 0.1) is 12.0 Å². The van der Waals surface area contributed by atoms with Gasteiger partial charge in [-0.3, -0.25) is 4.79 Å². The summed E-state index contributed by atoms with van der Waals surface area (Å²) in [5.74, 6) is 0.940. The quantitative estimate of drug-likeness (QED) is 0.351. The molecular formula is C18H16N4OS3. The maximum atomic E-state index is 11.8. The summed E-state index contributed by atoms with van der Waals surface area (Å²) in [7, 11) is 0. The van der Waals surface area contributed by atoms with Gasteiger partial charge in [-0.05, 0) is 11.1 Å². The fraction of sp³-hybridized carbons (Fsp3) is 0.111. The summed E-state index contributed by atoms with van der Waals surface area (Å²) in [6.07, 6.45) is 1.62. The summed E-state index contributed by atoms with van der Waals surface area (Å²) in [5.41, 5.74) is 4.70. The predicted molar refractivity (Wildman–Crippen MR) is 109 cm³/mol. The van der Waals surface area contributed by atoms with E-state index >= 15 is 0 Å². The molecule has 3 aromatic rings. The fourth-order valence-corrected chi connectivity index (χ4v) is 4.68. The van der Waals surface area contributed by atoms with Gasteiger partial charge in [0.25, 0.3) is 5.91 Å². The lowest BCUT2D eigenvalue weighted by Crippen LogP contribution is -2.19. The van der Waals surface area contributed by atoms with Crippen LogP contribution in [-0.2, 0) is 10.5 Å². The van der Waals surface area contributed by atoms with E-state index in [9.17, 15) is 4.79 Å². The van der Waals surface area contributed by atoms with Crippen LogP contribution in [0.4, 0.5) is 0 Å². The van der Waals surface area contributed by atoms with Gasteiger partial charge in [-0.25, -0.2) is 5.43 Å². The zero-order chi connectivity index (χ0) is 18.0. The molecule has 0 saturated heterocycles. The molecule has 8 heteroatoms. The van der Waals surface area contributed by atoms with Crippen LogP contribution in [0.25, 0.3) is 0 Å². The van der Waals surface area contributed by atoms with Crippen LogP contribution in [0.1, 0.15) is 11.1 Å². The maximum Gasteiger partial charge on any atom is 0.250 e. The van der Waals surface area contributed by atoms with Crippen molar-refractivity contribution in [2.75, 3.05) is 5.75 Å². The third kappa shape index (κ3) is 6.29. The average Bonchev–Trinajstić information content (AvgIpc) is 3.14. The Bertz CT molecular complexity index is 853. The molecule has 0 atom stereocenters. The summed E-state index contributed by atoms with van der Waals surface area (Å²) in [6, 6.07) is 19.8. The zero-order valence-electron chi connectivity index (χ0n) is 13.7. The number of amides is 1. The van der Waals surface area contributed by atoms with E-state index < -0.39 is 0 Å². The highest BCUT2D eigenvalue weighted by Gasteiger charge is 2.08. The summed E-state index contributed by atoms with van der Waals surface area (Å²) in [5, 5.41) is 12.2. The predicted octanol–water partition coefficient (Wildman–Crippen LogP) is 4.07. The number of carbonyl (C=O) groups is 1. The second-order valence-corrected chi connectivity index (χ2v) is 8.52. The van der Waals surface area contributed by atoms with E-state index in [1.807, 2.05) is 48.5 Å². The van der Waals surface area contributed by atoms with E-state index in [1.165, 1.54) is 28.7 Å². The van der Waals surface area contributed by atoms with Crippen molar-refractivity contribution in [2.24, 2.45) is 5.10 Å². The number of rotatable bonds is 8. The molecule has 0 radical (unpaired) electrons. The Morgan fingerprint density at radius 3 is 2.38 bits per heavy atom. The molecule has 132 valence electrons. The van der Waals surface area contributed by atoms with Crippen molar-refractivity contribution in [3.8, 4) is 0 Å². The second kappa shape index (κ2) is 10.1. The van der Waals surface area contributed by atoms with Crippen molar-refractivity contribution in [3.05, 3.63) is 71.8 Å². The summed E-state index contributed by atoms with van der Waals surface area (Å²) < 4.78 is 1.68. The van der Waals surface area contributed by atoms with Gasteiger partial charge in [-0.2, -0.15) is 5.10 Å². The van der Waals surface area contributed by atoms with Crippen molar-refractivity contribution in [1.82, 2.24) is 15.6 Å². The lowest BCUT2D eigenvalue weighted by atomic mass is 10.2. The van der Waals surface area contributed by atoms with E-state index in [0.29, 0.717) is 0 Å². The highest BCUT2D eigenvalue weighted by Crippen LogP contribution is 2.30. The number of nitrogens with zero attached hydrogens (tertiary/aromatic N) is 3. The molecule has 0 saturated carbocycles. The molecule has 0 unspecified atom stereocenters. The van der Waals surface area contributed by atoms with Crippen molar-refractivity contribution >= 4 is 47.0 Å². The molecule has 1 heterocycles. The van der Waals surface area contributed by atoms with E-state index in [4.69, 9.17) is 0 Å². The van der Waals surface area contributed by atoms with Crippen LogP contribution in [-0.4, -0.2) is 28.1 Å². The van der Waals surface area contributed by atoms with Crippen LogP contribution < -0.4 is 5.43 Å². The Labute approximate surface area is 164 Å². The summed E-state index contributed by atoms with van der Waals surface area (Å²) in [4.78, 5) is 11.8. The smallest absolute Gasteiger partial charge is 0.250 e. The first kappa shape index (κ1) is 18.6. The third-order valence-electron chi connectivity index (χ3n) is 3.12. The zero-order valence-corrected chi connectivity index (χ0v) is 16.2. The minimum Gasteiger partial charge on any atom is -0.272 e. The van der Waals surface area contributed by atoms with Crippen LogP contribution in [0.3, 0.4) is 0 Å². The number of carbonyl (C=O) groups excluding carboxylic acids is 1. The Morgan fingerprint density at radius 1 is 1.00 bits per heavy atom. The standard InChI is InChI=1S/C18H16N4OS3/c23-16(20-19-11-14-7-3-1-4-8-14)13-25-18-22-21-17(26-18)24-12-15-9-5-2-6-10-15/h1-11H,12-13H2,(H,20,23)/b19-11+. The number of hydrazone groups is 1. The second-order valence-electron chi connectivity index (χ2n) is 5.10. The number of aromatic nitrogens is 2. The fourth-order valence-electron chi connectivity index (χ4n) is 1.91. The molecule has 3 rings (SSSR count). The molecule has 1 N–H and O–H groups in total. The highest BCUT2D eigenvalue weighted by atomic mass is 32.2. The highest BCUT2D eigenvalue weighted by molar-refractivity contribution is 8.03. The Balaban J connectivity index is 1.40. The average molecular weight is 401 g/mol. The van der Waals surface area contributed by atoms with Gasteiger partial charge >= 0.3 is 0 Å². The van der Waals surface area contributed by atoms with Gasteiger partial charge in [0.2, 0.25) is 0 Å². The molecule has 0 bridgehead atoms. The molecule has 0 fully saturated rings. The number of nitrogens with one attached hydrogen (secondary N) is 1. The lowest BCUT2D eigenvalue weighted by Gasteiger charge is -1.97. The first-order valence-electron chi connectivity index (χ1n) is 7.79. The normalized spacial score (nSPS) is 10.9. The molecule has 0 aliphatic rings. The molecule has 5 nitrogen and oxygen atoms in total. The third-order valence-corrected chi connectivity index (χ3v) is 6.38. The van der Waals surface area contributed by atoms with E-state index in [0.717, 1.165) is 20.0 Å². The monoisotopic (exact) mass is 400 g/mol. The van der Waals surface area contributed by atoms with E-state index in [2.05, 4.69) is 32.9 Å². The molecule has 26 heavy (non-hydrogen) atoms. The number of benzene rings is 2. The summed E-state index contributed by atoms with van der Waals surface area (Å²) >= 11 is 4.51. The minimum atomic E-state index is -0.170. The van der Waals surface area contributed by atoms with Crippen LogP contribution in [0.15, 0.2) is 74.4 Å². The first-order chi connectivity index (χ1) is 12.8. The minimum absolute atomic E-state index is 0.170. The Kier molecular flexibility index (Phi) is 7.24. The van der Waals surface area contributed by atoms with Crippen LogP contribution in [0.5, 0.6) is 0 Å². The van der Waals surface area contributed by atoms with Gasteiger partial charge in [0.15, 0.2) is 8.68 Å². The van der Waals surface area contributed by atoms with Gasteiger partial charge in [-0.15, -0.1) is 10.2 Å². The van der Waals surface area contributed by atoms with E-state index in [-0.39, 0.29) is 11.7 Å². The van der Waals surface area contributed by atoms with Crippen LogP contribution in [0.2, 0.25) is 0 Å². The van der Waals surface area contributed by atoms with Crippen LogP contribution >= 0.6 is 34.9 Å². The molecule has 0 spiro atoms. The van der Waals surface area contributed by atoms with Crippen molar-refractivity contribution in [1.29, 1.82) is 0 Å². The van der Waals surface area contributed by atoms with Gasteiger partial charge in [0.1, 0.15) is 0 Å². The molecule has 0 aliphatic carbocycles. The van der Waals surface area contributed by atoms with E-state index in [1.54, 1.807) is 18.0 Å². The Morgan fingerprint density at radius 2 is 1.65 bits per heavy atom. The van der Waals surface area contributed by atoms with Gasteiger partial charge < -0.3 is 0 Å². The number of hydrogen-bond acceptors (Lipinski definition) is 7. The first-order valence-corrected chi connectivity index (χ1v) is 10.6. The lowest BCUT2D eigenvalue weighted by molar-refractivity contribution is -0.118. The number of hydrogen-bond donors (Lipinski definition) is 1. The van der Waals surface area contributed by atoms with Crippen molar-refractivity contribution < 1.29 is 4.79 Å².